The van der Waals surface area contributed by atoms with Gasteiger partial charge in [0.25, 0.3) is 0 Å². The number of nitrogens with zero attached hydrogens (tertiary/aromatic N) is 4. The first-order chi connectivity index (χ1) is 17.9. The molecule has 2 N–H and O–H groups in total. The number of nitrogens with one attached hydrogen (secondary N) is 2. The van der Waals surface area contributed by atoms with Crippen LogP contribution in [0.2, 0.25) is 5.02 Å². The van der Waals surface area contributed by atoms with Crippen LogP contribution in [0, 0.1) is 0 Å². The number of hydrogen-bond donors (Lipinski definition) is 2. The summed E-state index contributed by atoms with van der Waals surface area (Å²) in [5, 5.41) is 5.95. The lowest BCUT2D eigenvalue weighted by atomic mass is 10.1. The Morgan fingerprint density at radius 1 is 1.24 bits per heavy atom. The number of benzene rings is 2. The van der Waals surface area contributed by atoms with Gasteiger partial charge >= 0.3 is 6.03 Å². The summed E-state index contributed by atoms with van der Waals surface area (Å²) in [4.78, 5) is 36.8. The first kappa shape index (κ1) is 25.7. The molecular formula is C25H24ClFN6O4. The number of methoxy groups -OCH3 is 2. The van der Waals surface area contributed by atoms with Crippen molar-refractivity contribution in [1.82, 2.24) is 9.97 Å². The van der Waals surface area contributed by atoms with E-state index in [1.807, 2.05) is 0 Å². The molecule has 2 heterocycles. The van der Waals surface area contributed by atoms with Crippen molar-refractivity contribution in [3.8, 4) is 11.5 Å². The zero-order chi connectivity index (χ0) is 26.5. The molecule has 1 aliphatic heterocycles. The van der Waals surface area contributed by atoms with E-state index in [2.05, 4.69) is 27.2 Å². The third-order valence-electron chi connectivity index (χ3n) is 5.55. The topological polar surface area (TPSA) is 109 Å². The normalized spacial score (nSPS) is 12.6. The number of urea groups is 1. The van der Waals surface area contributed by atoms with Crippen LogP contribution in [0.4, 0.5) is 38.0 Å². The maximum absolute atomic E-state index is 13.6. The summed E-state index contributed by atoms with van der Waals surface area (Å²) in [6, 6.07) is 9.64. The number of hydrogen-bond acceptors (Lipinski definition) is 7. The van der Waals surface area contributed by atoms with Gasteiger partial charge < -0.3 is 20.1 Å². The van der Waals surface area contributed by atoms with Crippen molar-refractivity contribution in [3.63, 3.8) is 0 Å². The second kappa shape index (κ2) is 11.1. The van der Waals surface area contributed by atoms with Gasteiger partial charge in [-0.05, 0) is 18.2 Å². The van der Waals surface area contributed by atoms with Gasteiger partial charge in [0, 0.05) is 23.9 Å². The number of anilines is 5. The predicted molar refractivity (Wildman–Crippen MR) is 140 cm³/mol. The van der Waals surface area contributed by atoms with Gasteiger partial charge in [-0.2, -0.15) is 4.98 Å². The van der Waals surface area contributed by atoms with E-state index in [9.17, 15) is 14.0 Å². The number of rotatable bonds is 9. The average Bonchev–Trinajstić information content (AvgIpc) is 2.91. The molecule has 4 rings (SSSR count). The molecular weight excluding hydrogens is 503 g/mol. The Morgan fingerprint density at radius 3 is 2.68 bits per heavy atom. The largest absolute Gasteiger partial charge is 0.497 e. The van der Waals surface area contributed by atoms with Crippen LogP contribution in [-0.4, -0.2) is 49.3 Å². The number of carbonyl (C=O) groups is 2. The molecule has 0 spiro atoms. The fraction of sp³-hybridized carbons (Fsp3) is 0.200. The highest BCUT2D eigenvalue weighted by Crippen LogP contribution is 2.41. The number of para-hydroxylation sites is 2. The Kier molecular flexibility index (Phi) is 7.73. The summed E-state index contributed by atoms with van der Waals surface area (Å²) in [6.07, 6.45) is 2.70. The van der Waals surface area contributed by atoms with E-state index in [0.717, 1.165) is 6.08 Å². The molecule has 0 saturated heterocycles. The van der Waals surface area contributed by atoms with Gasteiger partial charge in [0.1, 0.15) is 29.0 Å². The second-order valence-electron chi connectivity index (χ2n) is 7.78. The molecule has 0 atom stereocenters. The van der Waals surface area contributed by atoms with Crippen LogP contribution in [0.1, 0.15) is 5.56 Å². The number of aromatic nitrogens is 2. The van der Waals surface area contributed by atoms with Crippen molar-refractivity contribution in [2.75, 3.05) is 47.9 Å². The van der Waals surface area contributed by atoms with Crippen molar-refractivity contribution in [1.29, 1.82) is 0 Å². The molecule has 0 saturated carbocycles. The average molecular weight is 527 g/mol. The summed E-state index contributed by atoms with van der Waals surface area (Å²) < 4.78 is 24.2. The maximum atomic E-state index is 13.6. The fourth-order valence-electron chi connectivity index (χ4n) is 3.78. The Hall–Kier alpha value is -4.38. The van der Waals surface area contributed by atoms with Crippen LogP contribution in [0.5, 0.6) is 11.5 Å². The van der Waals surface area contributed by atoms with Gasteiger partial charge in [0.15, 0.2) is 0 Å². The van der Waals surface area contributed by atoms with Gasteiger partial charge in [-0.15, -0.1) is 0 Å². The van der Waals surface area contributed by atoms with E-state index in [-0.39, 0.29) is 35.8 Å². The summed E-state index contributed by atoms with van der Waals surface area (Å²) in [5.41, 5.74) is 1.92. The quantitative estimate of drug-likeness (QED) is 0.380. The Bertz CT molecular complexity index is 1350. The van der Waals surface area contributed by atoms with Crippen LogP contribution < -0.4 is 29.9 Å². The molecule has 0 aliphatic carbocycles. The molecule has 192 valence electrons. The van der Waals surface area contributed by atoms with Gasteiger partial charge in [0.05, 0.1) is 44.4 Å². The van der Waals surface area contributed by atoms with Crippen molar-refractivity contribution >= 4 is 52.4 Å². The molecule has 0 bridgehead atoms. The van der Waals surface area contributed by atoms with Crippen LogP contribution in [0.15, 0.2) is 55.3 Å². The van der Waals surface area contributed by atoms with E-state index in [0.29, 0.717) is 34.1 Å². The minimum atomic E-state index is -0.794. The minimum absolute atomic E-state index is 0.0826. The van der Waals surface area contributed by atoms with Gasteiger partial charge in [-0.25, -0.2) is 14.2 Å². The van der Waals surface area contributed by atoms with E-state index in [4.69, 9.17) is 21.1 Å². The number of fused-ring (bicyclic) bond motifs is 1. The summed E-state index contributed by atoms with van der Waals surface area (Å²) in [7, 11) is 2.94. The standard InChI is InChI=1S/C25H24ClFN6O4/c1-4-21(34)29-17-7-5-6-8-18(17)30-24-28-13-15-14-33(25(35)32(10-9-27)23(15)31-24)19-11-16(36-2)12-20(37-3)22(19)26/h4-8,11-13H,1,9-10,14H2,2-3H3,(H,29,34)(H,28,30,31). The van der Waals surface area contributed by atoms with E-state index in [1.54, 1.807) is 42.6 Å². The predicted octanol–water partition coefficient (Wildman–Crippen LogP) is 4.93. The summed E-state index contributed by atoms with van der Waals surface area (Å²) in [6.45, 7) is 2.51. The van der Waals surface area contributed by atoms with E-state index >= 15 is 0 Å². The molecule has 1 aromatic heterocycles. The molecule has 10 nitrogen and oxygen atoms in total. The summed E-state index contributed by atoms with van der Waals surface area (Å²) >= 11 is 6.52. The second-order valence-corrected chi connectivity index (χ2v) is 8.16. The molecule has 3 aromatic rings. The molecule has 3 amide bonds. The fourth-order valence-corrected chi connectivity index (χ4v) is 4.07. The number of amides is 3. The minimum Gasteiger partial charge on any atom is -0.497 e. The highest BCUT2D eigenvalue weighted by atomic mass is 35.5. The first-order valence-corrected chi connectivity index (χ1v) is 11.5. The van der Waals surface area contributed by atoms with Gasteiger partial charge in [0.2, 0.25) is 11.9 Å². The highest BCUT2D eigenvalue weighted by molar-refractivity contribution is 6.35. The smallest absolute Gasteiger partial charge is 0.330 e. The van der Waals surface area contributed by atoms with Crippen LogP contribution >= 0.6 is 11.6 Å². The van der Waals surface area contributed by atoms with Crippen LogP contribution in [0.3, 0.4) is 0 Å². The van der Waals surface area contributed by atoms with Crippen molar-refractivity contribution in [3.05, 3.63) is 65.8 Å². The molecule has 0 fully saturated rings. The first-order valence-electron chi connectivity index (χ1n) is 11.1. The lowest BCUT2D eigenvalue weighted by molar-refractivity contribution is -0.111. The number of ether oxygens (including phenoxy) is 2. The van der Waals surface area contributed by atoms with Crippen LogP contribution in [-0.2, 0) is 11.3 Å². The Balaban J connectivity index is 1.70. The van der Waals surface area contributed by atoms with Crippen molar-refractivity contribution in [2.45, 2.75) is 6.54 Å². The SMILES string of the molecule is C=CC(=O)Nc1ccccc1Nc1ncc2c(n1)N(CCF)C(=O)N(c1cc(OC)cc(OC)c1Cl)C2. The molecule has 37 heavy (non-hydrogen) atoms. The third kappa shape index (κ3) is 5.26. The summed E-state index contributed by atoms with van der Waals surface area (Å²) in [5.74, 6) is 0.794. The number of carbonyl (C=O) groups excluding carboxylic acids is 2. The Morgan fingerprint density at radius 2 is 2.00 bits per heavy atom. The lowest BCUT2D eigenvalue weighted by Crippen LogP contribution is -2.49. The highest BCUT2D eigenvalue weighted by Gasteiger charge is 2.35. The van der Waals surface area contributed by atoms with Crippen molar-refractivity contribution < 1.29 is 23.5 Å². The van der Waals surface area contributed by atoms with Gasteiger partial charge in [-0.3, -0.25) is 14.6 Å². The zero-order valence-electron chi connectivity index (χ0n) is 20.1. The molecule has 0 radical (unpaired) electrons. The zero-order valence-corrected chi connectivity index (χ0v) is 20.9. The monoisotopic (exact) mass is 526 g/mol. The van der Waals surface area contributed by atoms with Crippen molar-refractivity contribution in [2.24, 2.45) is 0 Å². The number of halogens is 2. The third-order valence-corrected chi connectivity index (χ3v) is 5.93. The van der Waals surface area contributed by atoms with E-state index < -0.39 is 12.7 Å². The Labute approximate surface area is 217 Å². The lowest BCUT2D eigenvalue weighted by Gasteiger charge is -2.36. The van der Waals surface area contributed by atoms with E-state index in [1.165, 1.54) is 24.0 Å². The van der Waals surface area contributed by atoms with Crippen LogP contribution in [0.25, 0.3) is 0 Å². The van der Waals surface area contributed by atoms with Gasteiger partial charge in [-0.1, -0.05) is 30.3 Å². The molecule has 12 heteroatoms. The molecule has 0 unspecified atom stereocenters. The molecule has 2 aromatic carbocycles. The molecule has 1 aliphatic rings. The maximum Gasteiger partial charge on any atom is 0.330 e. The number of alkyl halides is 1.